The van der Waals surface area contributed by atoms with Gasteiger partial charge < -0.3 is 16.0 Å². The van der Waals surface area contributed by atoms with Crippen LogP contribution in [0, 0.1) is 0 Å². The van der Waals surface area contributed by atoms with Crippen molar-refractivity contribution >= 4 is 21.5 Å². The number of hydrogen-bond acceptors (Lipinski definition) is 5. The lowest BCUT2D eigenvalue weighted by molar-refractivity contribution is 0.482. The van der Waals surface area contributed by atoms with Crippen LogP contribution in [0.4, 0.5) is 11.4 Å². The molecule has 0 atom stereocenters. The van der Waals surface area contributed by atoms with Gasteiger partial charge in [0.2, 0.25) is 0 Å². The molecular formula is C16H21N3O3S. The van der Waals surface area contributed by atoms with E-state index in [1.165, 1.54) is 0 Å². The highest BCUT2D eigenvalue weighted by Gasteiger charge is 2.12. The van der Waals surface area contributed by atoms with Gasteiger partial charge >= 0.3 is 0 Å². The van der Waals surface area contributed by atoms with Crippen molar-refractivity contribution in [1.29, 1.82) is 0 Å². The van der Waals surface area contributed by atoms with Gasteiger partial charge in [0.05, 0.1) is 12.4 Å². The fourth-order valence-electron chi connectivity index (χ4n) is 2.15. The maximum atomic E-state index is 11.1. The molecule has 4 N–H and O–H groups in total. The number of nitrogens with zero attached hydrogens (tertiary/aromatic N) is 1. The Hall–Kier alpha value is -2.09. The highest BCUT2D eigenvalue weighted by molar-refractivity contribution is 7.85. The SMILES string of the molecule is NCc1cccc(N(CCS(=O)(=O)O)CNc2ccccc2)c1. The third-order valence-electron chi connectivity index (χ3n) is 3.38. The second-order valence-electron chi connectivity index (χ2n) is 5.12. The van der Waals surface area contributed by atoms with Crippen LogP contribution in [0.15, 0.2) is 54.6 Å². The second kappa shape index (κ2) is 7.96. The molecule has 0 aliphatic rings. The zero-order chi connectivity index (χ0) is 16.7. The molecule has 0 saturated carbocycles. The molecule has 0 spiro atoms. The van der Waals surface area contributed by atoms with Gasteiger partial charge in [-0.15, -0.1) is 0 Å². The van der Waals surface area contributed by atoms with Crippen molar-refractivity contribution < 1.29 is 13.0 Å². The molecule has 0 aliphatic carbocycles. The Morgan fingerprint density at radius 2 is 1.83 bits per heavy atom. The van der Waals surface area contributed by atoms with Gasteiger partial charge in [0.25, 0.3) is 10.1 Å². The first-order valence-electron chi connectivity index (χ1n) is 7.26. The first-order chi connectivity index (χ1) is 11.0. The van der Waals surface area contributed by atoms with E-state index in [1.807, 2.05) is 59.5 Å². The third-order valence-corrected chi connectivity index (χ3v) is 4.08. The molecule has 23 heavy (non-hydrogen) atoms. The van der Waals surface area contributed by atoms with Crippen molar-refractivity contribution in [3.63, 3.8) is 0 Å². The average molecular weight is 335 g/mol. The number of para-hydroxylation sites is 1. The summed E-state index contributed by atoms with van der Waals surface area (Å²) in [6, 6.07) is 17.2. The molecule has 0 unspecified atom stereocenters. The fraction of sp³-hybridized carbons (Fsp3) is 0.250. The Kier molecular flexibility index (Phi) is 5.97. The minimum atomic E-state index is -4.02. The van der Waals surface area contributed by atoms with Gasteiger partial charge in [0.15, 0.2) is 0 Å². The number of rotatable bonds is 8. The number of nitrogens with two attached hydrogens (primary N) is 1. The van der Waals surface area contributed by atoms with Crippen LogP contribution < -0.4 is 16.0 Å². The maximum Gasteiger partial charge on any atom is 0.266 e. The van der Waals surface area contributed by atoms with Crippen LogP contribution >= 0.6 is 0 Å². The number of nitrogens with one attached hydrogen (secondary N) is 1. The second-order valence-corrected chi connectivity index (χ2v) is 6.70. The topological polar surface area (TPSA) is 95.7 Å². The van der Waals surface area contributed by atoms with E-state index < -0.39 is 10.1 Å². The van der Waals surface area contributed by atoms with Crippen molar-refractivity contribution in [2.24, 2.45) is 5.73 Å². The molecule has 2 rings (SSSR count). The van der Waals surface area contributed by atoms with E-state index in [1.54, 1.807) is 0 Å². The summed E-state index contributed by atoms with van der Waals surface area (Å²) in [5, 5.41) is 3.24. The van der Waals surface area contributed by atoms with Gasteiger partial charge in [-0.2, -0.15) is 8.42 Å². The molecular weight excluding hydrogens is 314 g/mol. The summed E-state index contributed by atoms with van der Waals surface area (Å²) in [6.07, 6.45) is 0. The van der Waals surface area contributed by atoms with Crippen LogP contribution in [0.5, 0.6) is 0 Å². The van der Waals surface area contributed by atoms with Gasteiger partial charge in [-0.25, -0.2) is 0 Å². The van der Waals surface area contributed by atoms with E-state index >= 15 is 0 Å². The molecule has 2 aromatic carbocycles. The summed E-state index contributed by atoms with van der Waals surface area (Å²) >= 11 is 0. The molecule has 0 bridgehead atoms. The summed E-state index contributed by atoms with van der Waals surface area (Å²) in [6.45, 7) is 0.992. The molecule has 7 heteroatoms. The highest BCUT2D eigenvalue weighted by Crippen LogP contribution is 2.17. The first kappa shape index (κ1) is 17.3. The zero-order valence-corrected chi connectivity index (χ0v) is 13.5. The van der Waals surface area contributed by atoms with Crippen LogP contribution in [-0.4, -0.2) is 31.9 Å². The lowest BCUT2D eigenvalue weighted by atomic mass is 10.2. The van der Waals surface area contributed by atoms with Crippen LogP contribution in [0.25, 0.3) is 0 Å². The summed E-state index contributed by atoms with van der Waals surface area (Å²) in [4.78, 5) is 1.85. The smallest absolute Gasteiger partial charge is 0.266 e. The molecule has 6 nitrogen and oxygen atoms in total. The predicted octanol–water partition coefficient (Wildman–Crippen LogP) is 1.91. The highest BCUT2D eigenvalue weighted by atomic mass is 32.2. The van der Waals surface area contributed by atoms with Crippen molar-refractivity contribution in [1.82, 2.24) is 0 Å². The van der Waals surface area contributed by atoms with E-state index in [0.717, 1.165) is 16.9 Å². The van der Waals surface area contributed by atoms with E-state index in [-0.39, 0.29) is 12.3 Å². The van der Waals surface area contributed by atoms with E-state index in [9.17, 15) is 8.42 Å². The number of benzene rings is 2. The molecule has 0 heterocycles. The molecule has 0 saturated heterocycles. The first-order valence-corrected chi connectivity index (χ1v) is 8.87. The third kappa shape index (κ3) is 5.90. The minimum absolute atomic E-state index is 0.173. The Morgan fingerprint density at radius 3 is 2.48 bits per heavy atom. The lowest BCUT2D eigenvalue weighted by Gasteiger charge is -2.25. The van der Waals surface area contributed by atoms with Gasteiger partial charge in [-0.1, -0.05) is 30.3 Å². The molecule has 0 aliphatic heterocycles. The summed E-state index contributed by atoms with van der Waals surface area (Å²) in [7, 11) is -4.02. The average Bonchev–Trinajstić information content (AvgIpc) is 2.55. The van der Waals surface area contributed by atoms with Crippen LogP contribution in [0.2, 0.25) is 0 Å². The predicted molar refractivity (Wildman–Crippen MR) is 93.0 cm³/mol. The maximum absolute atomic E-state index is 11.1. The van der Waals surface area contributed by atoms with E-state index in [2.05, 4.69) is 5.32 Å². The quantitative estimate of drug-likeness (QED) is 0.504. The molecule has 0 aromatic heterocycles. The van der Waals surface area contributed by atoms with Crippen LogP contribution in [-0.2, 0) is 16.7 Å². The van der Waals surface area contributed by atoms with E-state index in [4.69, 9.17) is 10.3 Å². The molecule has 124 valence electrons. The normalized spacial score (nSPS) is 11.2. The van der Waals surface area contributed by atoms with Crippen LogP contribution in [0.1, 0.15) is 5.56 Å². The standard InChI is InChI=1S/C16H21N3O3S/c17-12-14-5-4-8-16(11-14)19(9-10-23(20,21)22)13-18-15-6-2-1-3-7-15/h1-8,11,18H,9-10,12-13,17H2,(H,20,21,22). The lowest BCUT2D eigenvalue weighted by Crippen LogP contribution is -2.33. The van der Waals surface area contributed by atoms with Gasteiger partial charge in [-0.05, 0) is 29.8 Å². The zero-order valence-electron chi connectivity index (χ0n) is 12.7. The minimum Gasteiger partial charge on any atom is -0.368 e. The monoisotopic (exact) mass is 335 g/mol. The van der Waals surface area contributed by atoms with Gasteiger partial charge in [0.1, 0.15) is 0 Å². The number of hydrogen-bond donors (Lipinski definition) is 3. The molecule has 0 radical (unpaired) electrons. The van der Waals surface area contributed by atoms with Crippen molar-refractivity contribution in [2.75, 3.05) is 29.2 Å². The Bertz CT molecular complexity index is 720. The summed E-state index contributed by atoms with van der Waals surface area (Å²) in [5.41, 5.74) is 8.39. The van der Waals surface area contributed by atoms with Crippen molar-refractivity contribution in [3.05, 3.63) is 60.2 Å². The molecule has 2 aromatic rings. The van der Waals surface area contributed by atoms with Crippen molar-refractivity contribution in [2.45, 2.75) is 6.54 Å². The molecule has 0 fully saturated rings. The Morgan fingerprint density at radius 1 is 1.09 bits per heavy atom. The fourth-order valence-corrected chi connectivity index (χ4v) is 2.60. The summed E-state index contributed by atoms with van der Waals surface area (Å²) < 4.78 is 31.1. The number of anilines is 2. The van der Waals surface area contributed by atoms with Gasteiger partial charge in [0, 0.05) is 24.5 Å². The van der Waals surface area contributed by atoms with E-state index in [0.29, 0.717) is 13.2 Å². The van der Waals surface area contributed by atoms with Gasteiger partial charge in [-0.3, -0.25) is 4.55 Å². The molecule has 0 amide bonds. The Balaban J connectivity index is 2.13. The largest absolute Gasteiger partial charge is 0.368 e. The van der Waals surface area contributed by atoms with Crippen LogP contribution in [0.3, 0.4) is 0 Å². The summed E-state index contributed by atoms with van der Waals surface area (Å²) in [5.74, 6) is -0.337. The Labute approximate surface area is 136 Å². The van der Waals surface area contributed by atoms with Crippen molar-refractivity contribution in [3.8, 4) is 0 Å².